The van der Waals surface area contributed by atoms with Gasteiger partial charge in [-0.05, 0) is 18.7 Å². The first kappa shape index (κ1) is 12.6. The fourth-order valence-corrected chi connectivity index (χ4v) is 2.05. The van der Waals surface area contributed by atoms with Crippen molar-refractivity contribution in [2.45, 2.75) is 13.5 Å². The smallest absolute Gasteiger partial charge is 0.174 e. The van der Waals surface area contributed by atoms with Crippen molar-refractivity contribution in [2.75, 3.05) is 6.54 Å². The molecule has 2 aromatic heterocycles. The topological polar surface area (TPSA) is 55.9 Å². The van der Waals surface area contributed by atoms with Crippen LogP contribution in [0, 0.1) is 0 Å². The summed E-state index contributed by atoms with van der Waals surface area (Å²) in [6, 6.07) is 9.98. The molecule has 0 radical (unpaired) electrons. The third kappa shape index (κ3) is 2.48. The van der Waals surface area contributed by atoms with Crippen molar-refractivity contribution in [3.63, 3.8) is 0 Å². The minimum Gasteiger partial charge on any atom is -0.356 e. The number of aromatic nitrogens is 3. The summed E-state index contributed by atoms with van der Waals surface area (Å²) < 4.78 is 7.18. The highest BCUT2D eigenvalue weighted by Gasteiger charge is 2.12. The van der Waals surface area contributed by atoms with Crippen molar-refractivity contribution in [3.8, 4) is 17.0 Å². The van der Waals surface area contributed by atoms with Crippen molar-refractivity contribution < 1.29 is 4.52 Å². The Morgan fingerprint density at radius 2 is 2.05 bits per heavy atom. The summed E-state index contributed by atoms with van der Waals surface area (Å²) in [5, 5.41) is 11.5. The Kier molecular flexibility index (Phi) is 3.60. The van der Waals surface area contributed by atoms with E-state index in [1.165, 1.54) is 0 Å². The van der Waals surface area contributed by atoms with Gasteiger partial charge in [-0.1, -0.05) is 30.3 Å². The number of nitrogens with one attached hydrogen (secondary N) is 1. The van der Waals surface area contributed by atoms with Gasteiger partial charge in [0, 0.05) is 18.3 Å². The van der Waals surface area contributed by atoms with Gasteiger partial charge in [0.05, 0.1) is 23.6 Å². The van der Waals surface area contributed by atoms with E-state index in [-0.39, 0.29) is 0 Å². The Hall–Kier alpha value is -2.40. The van der Waals surface area contributed by atoms with Crippen molar-refractivity contribution >= 4 is 0 Å². The van der Waals surface area contributed by atoms with Crippen molar-refractivity contribution in [3.05, 3.63) is 54.5 Å². The molecule has 20 heavy (non-hydrogen) atoms. The van der Waals surface area contributed by atoms with E-state index in [1.54, 1.807) is 12.4 Å². The molecule has 3 rings (SSSR count). The van der Waals surface area contributed by atoms with Gasteiger partial charge < -0.3 is 9.84 Å². The van der Waals surface area contributed by atoms with Gasteiger partial charge in [0.25, 0.3) is 0 Å². The van der Waals surface area contributed by atoms with E-state index in [1.807, 2.05) is 41.2 Å². The maximum atomic E-state index is 5.35. The number of benzene rings is 1. The lowest BCUT2D eigenvalue weighted by atomic mass is 10.2. The van der Waals surface area contributed by atoms with Gasteiger partial charge in [0.15, 0.2) is 5.76 Å². The van der Waals surface area contributed by atoms with Gasteiger partial charge in [0.1, 0.15) is 0 Å². The van der Waals surface area contributed by atoms with Crippen LogP contribution in [0.25, 0.3) is 17.0 Å². The molecule has 1 N–H and O–H groups in total. The predicted molar refractivity (Wildman–Crippen MR) is 76.4 cm³/mol. The fraction of sp³-hybridized carbons (Fsp3) is 0.200. The van der Waals surface area contributed by atoms with E-state index in [9.17, 15) is 0 Å². The summed E-state index contributed by atoms with van der Waals surface area (Å²) in [6.45, 7) is 3.72. The van der Waals surface area contributed by atoms with Crippen molar-refractivity contribution in [1.82, 2.24) is 20.3 Å². The van der Waals surface area contributed by atoms with E-state index in [0.29, 0.717) is 0 Å². The molecule has 0 aliphatic rings. The van der Waals surface area contributed by atoms with Crippen LogP contribution in [0.1, 0.15) is 12.5 Å². The van der Waals surface area contributed by atoms with Crippen LogP contribution in [0.4, 0.5) is 0 Å². The molecular formula is C15H16N4O. The maximum Gasteiger partial charge on any atom is 0.174 e. The number of para-hydroxylation sites is 1. The second kappa shape index (κ2) is 5.71. The molecular weight excluding hydrogens is 252 g/mol. The Bertz CT molecular complexity index is 672. The normalized spacial score (nSPS) is 10.8. The molecule has 0 aliphatic heterocycles. The second-order valence-corrected chi connectivity index (χ2v) is 4.47. The molecule has 0 saturated heterocycles. The number of rotatable bonds is 5. The number of nitrogens with zero attached hydrogens (tertiary/aromatic N) is 3. The molecule has 2 heterocycles. The Labute approximate surface area is 117 Å². The van der Waals surface area contributed by atoms with Crippen LogP contribution in [0.5, 0.6) is 0 Å². The number of hydrogen-bond donors (Lipinski definition) is 1. The molecule has 5 nitrogen and oxygen atoms in total. The monoisotopic (exact) mass is 268 g/mol. The van der Waals surface area contributed by atoms with Gasteiger partial charge in [-0.3, -0.25) is 0 Å². The molecule has 0 saturated carbocycles. The molecule has 0 spiro atoms. The quantitative estimate of drug-likeness (QED) is 0.773. The Morgan fingerprint density at radius 3 is 2.85 bits per heavy atom. The van der Waals surface area contributed by atoms with E-state index in [0.717, 1.165) is 35.7 Å². The zero-order chi connectivity index (χ0) is 13.8. The highest BCUT2D eigenvalue weighted by Crippen LogP contribution is 2.23. The first-order valence-electron chi connectivity index (χ1n) is 6.63. The van der Waals surface area contributed by atoms with Crippen LogP contribution in [-0.4, -0.2) is 21.5 Å². The van der Waals surface area contributed by atoms with Crippen LogP contribution in [0.15, 0.2) is 53.4 Å². The van der Waals surface area contributed by atoms with Crippen molar-refractivity contribution in [1.29, 1.82) is 0 Å². The first-order valence-corrected chi connectivity index (χ1v) is 6.63. The van der Waals surface area contributed by atoms with Crippen LogP contribution < -0.4 is 5.32 Å². The lowest BCUT2D eigenvalue weighted by Gasteiger charge is -2.00. The predicted octanol–water partition coefficient (Wildman–Crippen LogP) is 2.64. The zero-order valence-corrected chi connectivity index (χ0v) is 11.3. The summed E-state index contributed by atoms with van der Waals surface area (Å²) in [5.41, 5.74) is 2.99. The Balaban J connectivity index is 1.89. The summed E-state index contributed by atoms with van der Waals surface area (Å²) in [6.07, 6.45) is 5.49. The van der Waals surface area contributed by atoms with Crippen LogP contribution >= 0.6 is 0 Å². The SMILES string of the molecule is CCNCc1cnoc1-c1cnn(-c2ccccc2)c1. The minimum absolute atomic E-state index is 0.742. The van der Waals surface area contributed by atoms with Gasteiger partial charge in [0.2, 0.25) is 0 Å². The molecule has 102 valence electrons. The molecule has 5 heteroatoms. The summed E-state index contributed by atoms with van der Waals surface area (Å²) >= 11 is 0. The standard InChI is InChI=1S/C15H16N4O/c1-2-16-8-12-10-18-20-15(12)13-9-17-19(11-13)14-6-4-3-5-7-14/h3-7,9-11,16H,2,8H2,1H3. The average molecular weight is 268 g/mol. The largest absolute Gasteiger partial charge is 0.356 e. The van der Waals surface area contributed by atoms with Crippen LogP contribution in [0.2, 0.25) is 0 Å². The van der Waals surface area contributed by atoms with Crippen LogP contribution in [0.3, 0.4) is 0 Å². The van der Waals surface area contributed by atoms with E-state index in [2.05, 4.69) is 22.5 Å². The summed E-state index contributed by atoms with van der Waals surface area (Å²) in [4.78, 5) is 0. The summed E-state index contributed by atoms with van der Waals surface area (Å²) in [5.74, 6) is 0.771. The lowest BCUT2D eigenvalue weighted by Crippen LogP contribution is -2.11. The molecule has 0 amide bonds. The zero-order valence-electron chi connectivity index (χ0n) is 11.3. The molecule has 0 unspecified atom stereocenters. The minimum atomic E-state index is 0.742. The van der Waals surface area contributed by atoms with Gasteiger partial charge >= 0.3 is 0 Å². The second-order valence-electron chi connectivity index (χ2n) is 4.47. The highest BCUT2D eigenvalue weighted by atomic mass is 16.5. The molecule has 1 aromatic carbocycles. The lowest BCUT2D eigenvalue weighted by molar-refractivity contribution is 0.431. The molecule has 0 atom stereocenters. The van der Waals surface area contributed by atoms with Crippen molar-refractivity contribution in [2.24, 2.45) is 0 Å². The number of hydrogen-bond acceptors (Lipinski definition) is 4. The van der Waals surface area contributed by atoms with E-state index < -0.39 is 0 Å². The third-order valence-electron chi connectivity index (χ3n) is 3.08. The van der Waals surface area contributed by atoms with Gasteiger partial charge in [-0.25, -0.2) is 4.68 Å². The fourth-order valence-electron chi connectivity index (χ4n) is 2.05. The molecule has 0 aliphatic carbocycles. The van der Waals surface area contributed by atoms with Gasteiger partial charge in [-0.2, -0.15) is 5.10 Å². The molecule has 0 bridgehead atoms. The Morgan fingerprint density at radius 1 is 1.20 bits per heavy atom. The van der Waals surface area contributed by atoms with Crippen LogP contribution in [-0.2, 0) is 6.54 Å². The maximum absolute atomic E-state index is 5.35. The van der Waals surface area contributed by atoms with E-state index >= 15 is 0 Å². The third-order valence-corrected chi connectivity index (χ3v) is 3.08. The summed E-state index contributed by atoms with van der Waals surface area (Å²) in [7, 11) is 0. The first-order chi connectivity index (χ1) is 9.88. The van der Waals surface area contributed by atoms with E-state index in [4.69, 9.17) is 4.52 Å². The van der Waals surface area contributed by atoms with Gasteiger partial charge in [-0.15, -0.1) is 0 Å². The average Bonchev–Trinajstić information content (AvgIpc) is 3.14. The molecule has 3 aromatic rings. The highest BCUT2D eigenvalue weighted by molar-refractivity contribution is 5.59. The molecule has 0 fully saturated rings.